The van der Waals surface area contributed by atoms with Gasteiger partial charge in [0.25, 0.3) is 0 Å². The van der Waals surface area contributed by atoms with E-state index in [1.807, 2.05) is 19.1 Å². The highest BCUT2D eigenvalue weighted by Gasteiger charge is 2.34. The van der Waals surface area contributed by atoms with Crippen LogP contribution in [0.2, 0.25) is 0 Å². The summed E-state index contributed by atoms with van der Waals surface area (Å²) in [5, 5.41) is 2.70. The van der Waals surface area contributed by atoms with E-state index in [0.29, 0.717) is 31.4 Å². The third-order valence-corrected chi connectivity index (χ3v) is 6.90. The number of urea groups is 1. The standard InChI is InChI=1S/C27H42N8O3/c1-6-22(8-7-19(2)17-32-12-9-21(28)10-13-32)35-14-11-23(31-26(35)38)30-25(37)34-16-15-33(18-20(34)3)24(36)27(4,5)29/h6-8,11,14,20-21H,1,9-10,12-13,15-18,28-29H2,2-5H3,(H,30,31,37,38)/b19-7+,22-8+/t20-/m1/s1. The molecule has 1 aromatic heterocycles. The number of nitrogens with zero attached hydrogens (tertiary/aromatic N) is 5. The smallest absolute Gasteiger partial charge is 0.337 e. The first kappa shape index (κ1) is 29.3. The number of piperidine rings is 1. The van der Waals surface area contributed by atoms with Gasteiger partial charge >= 0.3 is 11.7 Å². The highest BCUT2D eigenvalue weighted by Crippen LogP contribution is 2.16. The van der Waals surface area contributed by atoms with Crippen molar-refractivity contribution in [2.45, 2.75) is 58.2 Å². The minimum atomic E-state index is -0.965. The van der Waals surface area contributed by atoms with Crippen molar-refractivity contribution in [2.75, 3.05) is 44.6 Å². The minimum absolute atomic E-state index is 0.151. The van der Waals surface area contributed by atoms with Crippen LogP contribution in [0.4, 0.5) is 10.6 Å². The largest absolute Gasteiger partial charge is 0.354 e. The highest BCUT2D eigenvalue weighted by molar-refractivity contribution is 5.89. The van der Waals surface area contributed by atoms with Gasteiger partial charge in [-0.2, -0.15) is 4.98 Å². The maximum atomic E-state index is 12.9. The Morgan fingerprint density at radius 1 is 1.21 bits per heavy atom. The Hall–Kier alpha value is -3.28. The molecule has 11 nitrogen and oxygen atoms in total. The summed E-state index contributed by atoms with van der Waals surface area (Å²) in [7, 11) is 0. The monoisotopic (exact) mass is 526 g/mol. The summed E-state index contributed by atoms with van der Waals surface area (Å²) in [5.41, 5.74) is 12.2. The number of carbonyl (C=O) groups is 2. The van der Waals surface area contributed by atoms with Gasteiger partial charge in [-0.3, -0.25) is 19.6 Å². The number of hydrogen-bond donors (Lipinski definition) is 3. The molecule has 0 unspecified atom stereocenters. The first-order chi connectivity index (χ1) is 17.9. The molecule has 1 atom stereocenters. The molecule has 38 heavy (non-hydrogen) atoms. The Morgan fingerprint density at radius 2 is 1.89 bits per heavy atom. The van der Waals surface area contributed by atoms with Crippen molar-refractivity contribution >= 4 is 23.5 Å². The van der Waals surface area contributed by atoms with Crippen LogP contribution in [0.3, 0.4) is 0 Å². The van der Waals surface area contributed by atoms with Crippen LogP contribution >= 0.6 is 0 Å². The number of anilines is 1. The SMILES string of the molecule is C=C/C(=C\C=C(/C)CN1CCC(N)CC1)n1ccc(NC(=O)N2CCN(C(=O)C(C)(C)N)C[C@H]2C)nc1=O. The molecule has 0 aliphatic carbocycles. The van der Waals surface area contributed by atoms with Crippen LogP contribution in [0.15, 0.2) is 47.4 Å². The summed E-state index contributed by atoms with van der Waals surface area (Å²) in [6.45, 7) is 15.0. The maximum absolute atomic E-state index is 12.9. The fourth-order valence-corrected chi connectivity index (χ4v) is 4.69. The van der Waals surface area contributed by atoms with Crippen molar-refractivity contribution in [3.8, 4) is 0 Å². The zero-order valence-corrected chi connectivity index (χ0v) is 23.0. The summed E-state index contributed by atoms with van der Waals surface area (Å²) < 4.78 is 1.38. The van der Waals surface area contributed by atoms with Crippen LogP contribution in [0, 0.1) is 0 Å². The summed E-state index contributed by atoms with van der Waals surface area (Å²) in [6, 6.07) is 1.27. The van der Waals surface area contributed by atoms with Crippen LogP contribution in [-0.4, -0.2) is 93.1 Å². The average molecular weight is 527 g/mol. The maximum Gasteiger partial charge on any atom is 0.354 e. The molecule has 0 radical (unpaired) electrons. The van der Waals surface area contributed by atoms with E-state index in [1.165, 1.54) is 4.57 Å². The number of amides is 3. The van der Waals surface area contributed by atoms with Crippen molar-refractivity contribution in [1.29, 1.82) is 0 Å². The first-order valence-corrected chi connectivity index (χ1v) is 13.1. The van der Waals surface area contributed by atoms with Gasteiger partial charge in [-0.25, -0.2) is 9.59 Å². The van der Waals surface area contributed by atoms with E-state index in [-0.39, 0.29) is 23.8 Å². The third-order valence-electron chi connectivity index (χ3n) is 6.90. The molecule has 0 aromatic carbocycles. The summed E-state index contributed by atoms with van der Waals surface area (Å²) in [4.78, 5) is 47.9. The van der Waals surface area contributed by atoms with Gasteiger partial charge in [0.2, 0.25) is 5.91 Å². The Labute approximate surface area is 224 Å². The number of nitrogens with one attached hydrogen (secondary N) is 1. The van der Waals surface area contributed by atoms with E-state index in [1.54, 1.807) is 42.0 Å². The summed E-state index contributed by atoms with van der Waals surface area (Å²) in [6.07, 6.45) is 8.99. The number of aromatic nitrogens is 2. The number of carbonyl (C=O) groups excluding carboxylic acids is 2. The van der Waals surface area contributed by atoms with E-state index in [2.05, 4.69) is 28.7 Å². The molecular formula is C27H42N8O3. The molecule has 1 aromatic rings. The zero-order valence-electron chi connectivity index (χ0n) is 23.0. The van der Waals surface area contributed by atoms with Crippen molar-refractivity contribution in [3.63, 3.8) is 0 Å². The number of nitrogens with two attached hydrogens (primary N) is 2. The fraction of sp³-hybridized carbons (Fsp3) is 0.556. The molecule has 3 amide bonds. The molecule has 0 bridgehead atoms. The van der Waals surface area contributed by atoms with Crippen LogP contribution in [-0.2, 0) is 4.79 Å². The van der Waals surface area contributed by atoms with Gasteiger partial charge in [0, 0.05) is 50.2 Å². The van der Waals surface area contributed by atoms with Crippen LogP contribution in [0.25, 0.3) is 5.70 Å². The van der Waals surface area contributed by atoms with Gasteiger partial charge in [0.1, 0.15) is 5.82 Å². The summed E-state index contributed by atoms with van der Waals surface area (Å²) >= 11 is 0. The second-order valence-electron chi connectivity index (χ2n) is 10.8. The van der Waals surface area contributed by atoms with E-state index in [9.17, 15) is 14.4 Å². The lowest BCUT2D eigenvalue weighted by atomic mass is 10.0. The number of likely N-dealkylation sites (tertiary alicyclic amines) is 1. The number of allylic oxidation sites excluding steroid dienone is 4. The van der Waals surface area contributed by atoms with Gasteiger partial charge < -0.3 is 21.3 Å². The molecule has 2 aliphatic heterocycles. The van der Waals surface area contributed by atoms with Gasteiger partial charge in [0.15, 0.2) is 0 Å². The predicted octanol–water partition coefficient (Wildman–Crippen LogP) is 1.44. The molecule has 3 heterocycles. The molecule has 3 rings (SSSR count). The first-order valence-electron chi connectivity index (χ1n) is 13.1. The van der Waals surface area contributed by atoms with Crippen LogP contribution in [0.5, 0.6) is 0 Å². The zero-order chi connectivity index (χ0) is 28.0. The highest BCUT2D eigenvalue weighted by atomic mass is 16.2. The third kappa shape index (κ3) is 7.62. The second kappa shape index (κ2) is 12.5. The van der Waals surface area contributed by atoms with Crippen molar-refractivity contribution in [1.82, 2.24) is 24.3 Å². The van der Waals surface area contributed by atoms with Crippen molar-refractivity contribution in [2.24, 2.45) is 11.5 Å². The second-order valence-corrected chi connectivity index (χ2v) is 10.8. The molecular weight excluding hydrogens is 484 g/mol. The Morgan fingerprint density at radius 3 is 2.47 bits per heavy atom. The predicted molar refractivity (Wildman–Crippen MR) is 150 cm³/mol. The van der Waals surface area contributed by atoms with E-state index in [4.69, 9.17) is 11.5 Å². The molecule has 208 valence electrons. The van der Waals surface area contributed by atoms with Gasteiger partial charge in [-0.15, -0.1) is 0 Å². The van der Waals surface area contributed by atoms with Crippen molar-refractivity contribution in [3.05, 3.63) is 53.1 Å². The van der Waals surface area contributed by atoms with Gasteiger partial charge in [-0.1, -0.05) is 18.2 Å². The van der Waals surface area contributed by atoms with E-state index in [0.717, 1.165) is 38.0 Å². The van der Waals surface area contributed by atoms with E-state index < -0.39 is 11.2 Å². The fourth-order valence-electron chi connectivity index (χ4n) is 4.69. The van der Waals surface area contributed by atoms with Crippen LogP contribution < -0.4 is 22.5 Å². The molecule has 2 saturated heterocycles. The summed E-state index contributed by atoms with van der Waals surface area (Å²) in [5.74, 6) is 0.00511. The lowest BCUT2D eigenvalue weighted by Gasteiger charge is -2.41. The molecule has 11 heteroatoms. The normalized spacial score (nSPS) is 20.4. The van der Waals surface area contributed by atoms with E-state index >= 15 is 0 Å². The van der Waals surface area contributed by atoms with Crippen LogP contribution in [0.1, 0.15) is 40.5 Å². The minimum Gasteiger partial charge on any atom is -0.337 e. The average Bonchev–Trinajstić information content (AvgIpc) is 2.85. The number of rotatable bonds is 7. The van der Waals surface area contributed by atoms with Gasteiger partial charge in [-0.05, 0) is 71.8 Å². The molecule has 0 saturated carbocycles. The lowest BCUT2D eigenvalue weighted by Crippen LogP contribution is -2.61. The van der Waals surface area contributed by atoms with Gasteiger partial charge in [0.05, 0.1) is 5.54 Å². The van der Waals surface area contributed by atoms with Crippen molar-refractivity contribution < 1.29 is 9.59 Å². The molecule has 5 N–H and O–H groups in total. The number of piperazine rings is 1. The number of hydrogen-bond acceptors (Lipinski definition) is 7. The lowest BCUT2D eigenvalue weighted by molar-refractivity contribution is -0.138. The Balaban J connectivity index is 1.62. The molecule has 2 aliphatic rings. The Bertz CT molecular complexity index is 1140. The Kier molecular flexibility index (Phi) is 9.64. The topological polar surface area (TPSA) is 143 Å². The quantitative estimate of drug-likeness (QED) is 0.456. The molecule has 2 fully saturated rings. The molecule has 0 spiro atoms.